The molecule has 0 radical (unpaired) electrons. The number of unbranched alkanes of at least 4 members (excludes halogenated alkanes) is 2. The van der Waals surface area contributed by atoms with Gasteiger partial charge < -0.3 is 9.26 Å². The highest BCUT2D eigenvalue weighted by Gasteiger charge is 2.18. The molecule has 0 N–H and O–H groups in total. The molecule has 0 atom stereocenters. The van der Waals surface area contributed by atoms with E-state index >= 15 is 0 Å². The molecule has 9 nitrogen and oxygen atoms in total. The summed E-state index contributed by atoms with van der Waals surface area (Å²) in [5, 5.41) is 14.2. The van der Waals surface area contributed by atoms with Gasteiger partial charge in [0.25, 0.3) is 5.56 Å². The van der Waals surface area contributed by atoms with Gasteiger partial charge in [-0.3, -0.25) is 13.8 Å². The highest BCUT2D eigenvalue weighted by Crippen LogP contribution is 2.26. The number of hydrogen-bond acceptors (Lipinski definition) is 8. The number of rotatable bonds is 9. The van der Waals surface area contributed by atoms with E-state index in [-0.39, 0.29) is 5.56 Å². The van der Waals surface area contributed by atoms with Gasteiger partial charge >= 0.3 is 0 Å². The summed E-state index contributed by atoms with van der Waals surface area (Å²) < 4.78 is 14.3. The van der Waals surface area contributed by atoms with Crippen LogP contribution in [0.25, 0.3) is 28.1 Å². The fraction of sp³-hybridized carbons (Fsp3) is 0.292. The molecule has 174 valence electrons. The predicted octanol–water partition coefficient (Wildman–Crippen LogP) is 4.59. The number of fused-ring (bicyclic) bond motifs is 3. The summed E-state index contributed by atoms with van der Waals surface area (Å²) in [5.41, 5.74) is 1.59. The molecule has 0 unspecified atom stereocenters. The van der Waals surface area contributed by atoms with E-state index in [1.54, 1.807) is 11.7 Å². The molecule has 3 heterocycles. The van der Waals surface area contributed by atoms with E-state index in [1.165, 1.54) is 11.8 Å². The minimum absolute atomic E-state index is 0.0378. The first-order valence-electron chi connectivity index (χ1n) is 11.2. The normalized spacial score (nSPS) is 11.5. The molecule has 0 amide bonds. The number of thioether (sulfide) groups is 1. The van der Waals surface area contributed by atoms with Gasteiger partial charge in [0.05, 0.1) is 23.8 Å². The molecule has 0 saturated carbocycles. The average molecular weight is 477 g/mol. The van der Waals surface area contributed by atoms with Crippen LogP contribution in [-0.2, 0) is 12.3 Å². The molecule has 0 bridgehead atoms. The van der Waals surface area contributed by atoms with E-state index in [9.17, 15) is 4.79 Å². The van der Waals surface area contributed by atoms with E-state index < -0.39 is 0 Å². The van der Waals surface area contributed by atoms with Crippen LogP contribution in [-0.4, -0.2) is 36.4 Å². The lowest BCUT2D eigenvalue weighted by molar-refractivity contribution is 0.391. The molecule has 5 aromatic rings. The number of hydrogen-bond donors (Lipinski definition) is 0. The summed E-state index contributed by atoms with van der Waals surface area (Å²) in [4.78, 5) is 17.6. The summed E-state index contributed by atoms with van der Waals surface area (Å²) in [6.45, 7) is 2.75. The van der Waals surface area contributed by atoms with Crippen molar-refractivity contribution in [2.45, 2.75) is 43.6 Å². The van der Waals surface area contributed by atoms with Crippen LogP contribution in [0.4, 0.5) is 0 Å². The van der Waals surface area contributed by atoms with Gasteiger partial charge in [-0.2, -0.15) is 4.98 Å². The number of para-hydroxylation sites is 1. The zero-order valence-electron chi connectivity index (χ0n) is 19.0. The molecule has 10 heteroatoms. The molecular formula is C24H24N6O3S. The summed E-state index contributed by atoms with van der Waals surface area (Å²) in [7, 11) is 1.63. The Hall–Kier alpha value is -3.66. The van der Waals surface area contributed by atoms with Gasteiger partial charge in [-0.1, -0.05) is 48.8 Å². The van der Waals surface area contributed by atoms with E-state index in [1.807, 2.05) is 52.9 Å². The van der Waals surface area contributed by atoms with Gasteiger partial charge in [-0.15, -0.1) is 10.2 Å². The summed E-state index contributed by atoms with van der Waals surface area (Å²) in [6.07, 6.45) is 3.04. The van der Waals surface area contributed by atoms with Crippen LogP contribution in [0.3, 0.4) is 0 Å². The zero-order chi connectivity index (χ0) is 23.5. The van der Waals surface area contributed by atoms with E-state index in [0.717, 1.165) is 36.1 Å². The largest absolute Gasteiger partial charge is 0.497 e. The van der Waals surface area contributed by atoms with Crippen LogP contribution in [0.5, 0.6) is 5.75 Å². The van der Waals surface area contributed by atoms with Crippen molar-refractivity contribution in [2.75, 3.05) is 7.11 Å². The third kappa shape index (κ3) is 4.16. The van der Waals surface area contributed by atoms with E-state index in [0.29, 0.717) is 40.3 Å². The highest BCUT2D eigenvalue weighted by molar-refractivity contribution is 7.98. The third-order valence-electron chi connectivity index (χ3n) is 5.60. The minimum Gasteiger partial charge on any atom is -0.497 e. The van der Waals surface area contributed by atoms with Gasteiger partial charge in [0.15, 0.2) is 5.16 Å². The summed E-state index contributed by atoms with van der Waals surface area (Å²) in [6, 6.07) is 15.0. The second kappa shape index (κ2) is 9.68. The molecule has 0 aliphatic carbocycles. The molecule has 5 rings (SSSR count). The topological polar surface area (TPSA) is 100 Å². The number of benzene rings is 2. The lowest BCUT2D eigenvalue weighted by atomic mass is 10.2. The fourth-order valence-electron chi connectivity index (χ4n) is 3.85. The standard InChI is InChI=1S/C24H24N6O3S/c1-3-4-7-14-29-22(31)18-8-5-6-9-19(18)30-23(29)26-27-24(30)34-15-20-25-21(28-33-20)16-10-12-17(32-2)13-11-16/h5-6,8-13H,3-4,7,14-15H2,1-2H3. The monoisotopic (exact) mass is 476 g/mol. The Bertz CT molecular complexity index is 1490. The second-order valence-corrected chi connectivity index (χ2v) is 8.77. The first-order chi connectivity index (χ1) is 16.7. The van der Waals surface area contributed by atoms with Gasteiger partial charge in [-0.05, 0) is 42.8 Å². The maximum absolute atomic E-state index is 13.1. The van der Waals surface area contributed by atoms with Crippen molar-refractivity contribution >= 4 is 28.4 Å². The van der Waals surface area contributed by atoms with E-state index in [2.05, 4.69) is 27.3 Å². The number of aryl methyl sites for hydroxylation is 1. The Morgan fingerprint density at radius 2 is 1.88 bits per heavy atom. The number of nitrogens with zero attached hydrogens (tertiary/aromatic N) is 6. The summed E-state index contributed by atoms with van der Waals surface area (Å²) >= 11 is 1.44. The Morgan fingerprint density at radius 1 is 1.06 bits per heavy atom. The molecule has 34 heavy (non-hydrogen) atoms. The quantitative estimate of drug-likeness (QED) is 0.225. The fourth-order valence-corrected chi connectivity index (χ4v) is 4.62. The molecule has 0 aliphatic rings. The van der Waals surface area contributed by atoms with Crippen LogP contribution in [0.15, 0.2) is 63.0 Å². The predicted molar refractivity (Wildman–Crippen MR) is 130 cm³/mol. The van der Waals surface area contributed by atoms with Crippen LogP contribution >= 0.6 is 11.8 Å². The van der Waals surface area contributed by atoms with Crippen molar-refractivity contribution in [3.8, 4) is 17.1 Å². The van der Waals surface area contributed by atoms with Crippen LogP contribution < -0.4 is 10.3 Å². The van der Waals surface area contributed by atoms with Crippen molar-refractivity contribution in [3.63, 3.8) is 0 Å². The number of aromatic nitrogens is 6. The second-order valence-electron chi connectivity index (χ2n) is 7.83. The first kappa shape index (κ1) is 22.1. The Balaban J connectivity index is 1.44. The van der Waals surface area contributed by atoms with Crippen molar-refractivity contribution in [1.82, 2.24) is 29.3 Å². The van der Waals surface area contributed by atoms with Crippen LogP contribution in [0.2, 0.25) is 0 Å². The lowest BCUT2D eigenvalue weighted by Crippen LogP contribution is -2.23. The van der Waals surface area contributed by atoms with Crippen molar-refractivity contribution in [1.29, 1.82) is 0 Å². The van der Waals surface area contributed by atoms with E-state index in [4.69, 9.17) is 9.26 Å². The van der Waals surface area contributed by atoms with Crippen molar-refractivity contribution < 1.29 is 9.26 Å². The van der Waals surface area contributed by atoms with Crippen LogP contribution in [0.1, 0.15) is 32.1 Å². The molecule has 0 aliphatic heterocycles. The van der Waals surface area contributed by atoms with Crippen molar-refractivity contribution in [3.05, 3.63) is 64.8 Å². The maximum atomic E-state index is 13.1. The average Bonchev–Trinajstić information content (AvgIpc) is 3.52. The van der Waals surface area contributed by atoms with Gasteiger partial charge in [-0.25, -0.2) is 0 Å². The summed E-state index contributed by atoms with van der Waals surface area (Å²) in [5.74, 6) is 2.73. The lowest BCUT2D eigenvalue weighted by Gasteiger charge is -2.10. The Kier molecular flexibility index (Phi) is 6.31. The minimum atomic E-state index is -0.0378. The van der Waals surface area contributed by atoms with Crippen LogP contribution in [0, 0.1) is 0 Å². The SMILES string of the molecule is CCCCCn1c(=O)c2ccccc2n2c(SCc3nc(-c4ccc(OC)cc4)no3)nnc12. The molecular weight excluding hydrogens is 452 g/mol. The molecule has 0 spiro atoms. The van der Waals surface area contributed by atoms with Crippen molar-refractivity contribution in [2.24, 2.45) is 0 Å². The molecule has 2 aromatic carbocycles. The maximum Gasteiger partial charge on any atom is 0.262 e. The third-order valence-corrected chi connectivity index (χ3v) is 6.52. The molecule has 0 saturated heterocycles. The Morgan fingerprint density at radius 3 is 2.68 bits per heavy atom. The smallest absolute Gasteiger partial charge is 0.262 e. The first-order valence-corrected chi connectivity index (χ1v) is 12.1. The van der Waals surface area contributed by atoms with Gasteiger partial charge in [0.1, 0.15) is 5.75 Å². The zero-order valence-corrected chi connectivity index (χ0v) is 19.8. The molecule has 0 fully saturated rings. The number of ether oxygens (including phenoxy) is 1. The van der Waals surface area contributed by atoms with Gasteiger partial charge in [0, 0.05) is 12.1 Å². The highest BCUT2D eigenvalue weighted by atomic mass is 32.2. The molecule has 3 aromatic heterocycles. The number of methoxy groups -OCH3 is 1. The van der Waals surface area contributed by atoms with Gasteiger partial charge in [0.2, 0.25) is 17.5 Å². The Labute approximate surface area is 199 Å².